The summed E-state index contributed by atoms with van der Waals surface area (Å²) in [5, 5.41) is 9.12. The molecule has 1 fully saturated rings. The summed E-state index contributed by atoms with van der Waals surface area (Å²) >= 11 is 0. The smallest absolute Gasteiger partial charge is 0.315 e. The van der Waals surface area contributed by atoms with E-state index < -0.39 is 11.4 Å². The lowest BCUT2D eigenvalue weighted by molar-refractivity contribution is -0.183. The quantitative estimate of drug-likeness (QED) is 0.762. The van der Waals surface area contributed by atoms with Crippen molar-refractivity contribution < 1.29 is 14.6 Å². The van der Waals surface area contributed by atoms with Crippen LogP contribution in [0, 0.1) is 10.8 Å². The van der Waals surface area contributed by atoms with Crippen LogP contribution in [0.3, 0.4) is 0 Å². The molecule has 0 aromatic heterocycles. The van der Waals surface area contributed by atoms with Gasteiger partial charge in [-0.1, -0.05) is 20.8 Å². The topological polar surface area (TPSA) is 49.8 Å². The van der Waals surface area contributed by atoms with Crippen LogP contribution >= 0.6 is 0 Å². The number of hydrogen-bond acceptors (Lipinski definition) is 3. The van der Waals surface area contributed by atoms with Gasteiger partial charge >= 0.3 is 5.97 Å². The van der Waals surface area contributed by atoms with Crippen molar-refractivity contribution in [2.24, 2.45) is 10.8 Å². The third-order valence-electron chi connectivity index (χ3n) is 2.53. The number of carboxylic acids is 1. The molecule has 0 radical (unpaired) electrons. The zero-order valence-electron chi connectivity index (χ0n) is 10.0. The van der Waals surface area contributed by atoms with Crippen LogP contribution in [0.15, 0.2) is 0 Å². The summed E-state index contributed by atoms with van der Waals surface area (Å²) in [5.41, 5.74) is -0.473. The third-order valence-corrected chi connectivity index (χ3v) is 2.53. The van der Waals surface area contributed by atoms with Crippen LogP contribution in [0.2, 0.25) is 0 Å². The van der Waals surface area contributed by atoms with Crippen molar-refractivity contribution in [3.05, 3.63) is 0 Å². The molecule has 0 atom stereocenters. The average molecular weight is 215 g/mol. The van der Waals surface area contributed by atoms with E-state index in [2.05, 4.69) is 25.7 Å². The Hall–Kier alpha value is -0.610. The number of carboxylic acid groups (broad SMARTS) is 1. The molecule has 4 heteroatoms. The number of ether oxygens (including phenoxy) is 1. The lowest BCUT2D eigenvalue weighted by Crippen LogP contribution is -2.56. The molecule has 88 valence electrons. The molecule has 0 saturated carbocycles. The molecule has 1 N–H and O–H groups in total. The Morgan fingerprint density at radius 3 is 2.27 bits per heavy atom. The molecule has 1 saturated heterocycles. The Balaban J connectivity index is 2.49. The molecule has 15 heavy (non-hydrogen) atoms. The van der Waals surface area contributed by atoms with Crippen LogP contribution in [-0.4, -0.2) is 49.3 Å². The van der Waals surface area contributed by atoms with Crippen molar-refractivity contribution in [2.45, 2.75) is 20.8 Å². The predicted octanol–water partition coefficient (Wildman–Crippen LogP) is 1.07. The molecule has 1 aliphatic heterocycles. The van der Waals surface area contributed by atoms with Gasteiger partial charge < -0.3 is 14.7 Å². The molecule has 0 unspecified atom stereocenters. The fourth-order valence-electron chi connectivity index (χ4n) is 2.01. The molecular formula is C11H21NO3. The Labute approximate surface area is 91.2 Å². The largest absolute Gasteiger partial charge is 0.481 e. The molecule has 0 amide bonds. The van der Waals surface area contributed by atoms with E-state index in [0.29, 0.717) is 19.8 Å². The van der Waals surface area contributed by atoms with E-state index in [1.54, 1.807) is 0 Å². The Bertz CT molecular complexity index is 241. The van der Waals surface area contributed by atoms with Gasteiger partial charge in [-0.25, -0.2) is 0 Å². The average Bonchev–Trinajstić information content (AvgIpc) is 1.92. The number of nitrogens with zero attached hydrogens (tertiary/aromatic N) is 1. The minimum absolute atomic E-state index is 0.193. The van der Waals surface area contributed by atoms with Crippen LogP contribution in [0.25, 0.3) is 0 Å². The zero-order valence-corrected chi connectivity index (χ0v) is 10.0. The normalized spacial score (nSPS) is 20.1. The Morgan fingerprint density at radius 1 is 1.47 bits per heavy atom. The highest BCUT2D eigenvalue weighted by Crippen LogP contribution is 2.29. The first kappa shape index (κ1) is 12.5. The van der Waals surface area contributed by atoms with E-state index in [-0.39, 0.29) is 5.41 Å². The summed E-state index contributed by atoms with van der Waals surface area (Å²) in [4.78, 5) is 13.2. The summed E-state index contributed by atoms with van der Waals surface area (Å²) in [6.07, 6.45) is 0. The second kappa shape index (κ2) is 4.10. The van der Waals surface area contributed by atoms with E-state index in [4.69, 9.17) is 9.84 Å². The van der Waals surface area contributed by atoms with Gasteiger partial charge in [0.1, 0.15) is 5.41 Å². The van der Waals surface area contributed by atoms with Crippen molar-refractivity contribution in [1.82, 2.24) is 4.90 Å². The second-order valence-corrected chi connectivity index (χ2v) is 5.81. The Morgan fingerprint density at radius 2 is 2.00 bits per heavy atom. The molecule has 4 nitrogen and oxygen atoms in total. The van der Waals surface area contributed by atoms with Gasteiger partial charge in [-0.15, -0.1) is 0 Å². The first-order valence-corrected chi connectivity index (χ1v) is 5.25. The monoisotopic (exact) mass is 215 g/mol. The molecule has 0 aliphatic carbocycles. The standard InChI is InChI=1S/C11H21NO3/c1-10(2,3)5-12(4)6-11(9(13)14)7-15-8-11/h5-8H2,1-4H3,(H,13,14). The SMILES string of the molecule is CN(CC(C)(C)C)CC1(C(=O)O)COC1. The molecule has 1 aliphatic rings. The van der Waals surface area contributed by atoms with Crippen LogP contribution in [0.1, 0.15) is 20.8 Å². The Kier molecular flexibility index (Phi) is 3.41. The first-order chi connectivity index (χ1) is 6.75. The zero-order chi connectivity index (χ0) is 11.7. The molecule has 1 rings (SSSR count). The van der Waals surface area contributed by atoms with E-state index in [0.717, 1.165) is 6.54 Å². The van der Waals surface area contributed by atoms with Crippen molar-refractivity contribution in [3.63, 3.8) is 0 Å². The summed E-state index contributed by atoms with van der Waals surface area (Å²) in [6, 6.07) is 0. The number of rotatable bonds is 4. The predicted molar refractivity (Wildman–Crippen MR) is 57.8 cm³/mol. The van der Waals surface area contributed by atoms with Gasteiger partial charge in [-0.3, -0.25) is 4.79 Å². The highest BCUT2D eigenvalue weighted by atomic mass is 16.5. The maximum atomic E-state index is 11.1. The van der Waals surface area contributed by atoms with Crippen LogP contribution in [0.5, 0.6) is 0 Å². The molecule has 0 aromatic carbocycles. The van der Waals surface area contributed by atoms with E-state index in [9.17, 15) is 4.79 Å². The molecule has 0 spiro atoms. The van der Waals surface area contributed by atoms with Crippen LogP contribution < -0.4 is 0 Å². The minimum atomic E-state index is -0.741. The fraction of sp³-hybridized carbons (Fsp3) is 0.909. The van der Waals surface area contributed by atoms with Gasteiger partial charge in [0.05, 0.1) is 13.2 Å². The van der Waals surface area contributed by atoms with Crippen molar-refractivity contribution in [1.29, 1.82) is 0 Å². The van der Waals surface area contributed by atoms with E-state index in [1.807, 2.05) is 7.05 Å². The number of aliphatic carboxylic acids is 1. The third kappa shape index (κ3) is 3.18. The van der Waals surface area contributed by atoms with Gasteiger partial charge in [0, 0.05) is 13.1 Å². The van der Waals surface area contributed by atoms with Gasteiger partial charge in [0.25, 0.3) is 0 Å². The minimum Gasteiger partial charge on any atom is -0.481 e. The molecule has 0 aromatic rings. The summed E-state index contributed by atoms with van der Waals surface area (Å²) in [7, 11) is 1.97. The first-order valence-electron chi connectivity index (χ1n) is 5.25. The van der Waals surface area contributed by atoms with Crippen molar-refractivity contribution >= 4 is 5.97 Å². The maximum absolute atomic E-state index is 11.1. The molecule has 0 bridgehead atoms. The maximum Gasteiger partial charge on any atom is 0.315 e. The van der Waals surface area contributed by atoms with Crippen molar-refractivity contribution in [3.8, 4) is 0 Å². The highest BCUT2D eigenvalue weighted by molar-refractivity contribution is 5.76. The summed E-state index contributed by atoms with van der Waals surface area (Å²) < 4.78 is 5.02. The van der Waals surface area contributed by atoms with Gasteiger partial charge in [-0.2, -0.15) is 0 Å². The summed E-state index contributed by atoms with van der Waals surface area (Å²) in [5.74, 6) is -0.741. The van der Waals surface area contributed by atoms with Crippen molar-refractivity contribution in [2.75, 3.05) is 33.4 Å². The van der Waals surface area contributed by atoms with E-state index in [1.165, 1.54) is 0 Å². The number of carbonyl (C=O) groups is 1. The van der Waals surface area contributed by atoms with Crippen LogP contribution in [0.4, 0.5) is 0 Å². The van der Waals surface area contributed by atoms with E-state index >= 15 is 0 Å². The lowest BCUT2D eigenvalue weighted by Gasteiger charge is -2.41. The highest BCUT2D eigenvalue weighted by Gasteiger charge is 2.47. The lowest BCUT2D eigenvalue weighted by atomic mass is 9.85. The van der Waals surface area contributed by atoms with Gasteiger partial charge in [0.15, 0.2) is 0 Å². The summed E-state index contributed by atoms with van der Waals surface area (Å²) in [6.45, 7) is 8.59. The van der Waals surface area contributed by atoms with Gasteiger partial charge in [0.2, 0.25) is 0 Å². The number of hydrogen-bond donors (Lipinski definition) is 1. The molecular weight excluding hydrogens is 194 g/mol. The molecule has 1 heterocycles. The van der Waals surface area contributed by atoms with Gasteiger partial charge in [-0.05, 0) is 12.5 Å². The van der Waals surface area contributed by atoms with Crippen LogP contribution in [-0.2, 0) is 9.53 Å². The second-order valence-electron chi connectivity index (χ2n) is 5.81. The fourth-order valence-corrected chi connectivity index (χ4v) is 2.01.